The Morgan fingerprint density at radius 2 is 1.71 bits per heavy atom. The van der Waals surface area contributed by atoms with Crippen LogP contribution in [0.3, 0.4) is 0 Å². The first-order valence-corrected chi connectivity index (χ1v) is 15.7. The van der Waals surface area contributed by atoms with Crippen LogP contribution in [0.25, 0.3) is 10.9 Å². The summed E-state index contributed by atoms with van der Waals surface area (Å²) in [7, 11) is 1.58. The number of aliphatic hydroxyl groups is 1. The normalized spacial score (nSPS) is 20.9. The van der Waals surface area contributed by atoms with Gasteiger partial charge in [0, 0.05) is 47.8 Å². The Kier molecular flexibility index (Phi) is 11.8. The number of aryl methyl sites for hydroxylation is 1. The van der Waals surface area contributed by atoms with Crippen molar-refractivity contribution in [2.75, 3.05) is 19.6 Å². The SMILES string of the molecule is Cn1cc(Cl)cc1C(=O)NCC(=O)N[C@@H]1CNC(=O)[C@@H](Cc2c[nH]c3ccc(Br)cc23)NC(=O)[C@@H](O)CNC(=O)[C@H](CC(N)=O)NC1=O. The molecular formula is C29H33BrClN9O8. The molecule has 1 saturated heterocycles. The molecule has 3 heterocycles. The Hall–Kier alpha value is -4.94. The number of halogens is 2. The van der Waals surface area contributed by atoms with Crippen molar-refractivity contribution in [3.05, 3.63) is 57.4 Å². The summed E-state index contributed by atoms with van der Waals surface area (Å²) in [6, 6.07) is 2.48. The van der Waals surface area contributed by atoms with E-state index in [1.165, 1.54) is 16.8 Å². The van der Waals surface area contributed by atoms with Crippen molar-refractivity contribution in [2.45, 2.75) is 37.1 Å². The minimum absolute atomic E-state index is 0.0494. The maximum Gasteiger partial charge on any atom is 0.268 e. The van der Waals surface area contributed by atoms with Crippen molar-refractivity contribution >= 4 is 79.8 Å². The van der Waals surface area contributed by atoms with Crippen molar-refractivity contribution in [2.24, 2.45) is 12.8 Å². The van der Waals surface area contributed by atoms with Gasteiger partial charge in [-0.3, -0.25) is 33.6 Å². The van der Waals surface area contributed by atoms with E-state index in [0.717, 1.165) is 15.4 Å². The Morgan fingerprint density at radius 1 is 1.02 bits per heavy atom. The van der Waals surface area contributed by atoms with Crippen LogP contribution >= 0.6 is 27.5 Å². The number of nitrogens with zero attached hydrogens (tertiary/aromatic N) is 1. The number of fused-ring (bicyclic) bond motifs is 1. The van der Waals surface area contributed by atoms with Gasteiger partial charge in [0.1, 0.15) is 29.9 Å². The summed E-state index contributed by atoms with van der Waals surface area (Å²) < 4.78 is 2.22. The summed E-state index contributed by atoms with van der Waals surface area (Å²) in [5.74, 6) is -6.11. The number of carbonyl (C=O) groups is 7. The second-order valence-electron chi connectivity index (χ2n) is 11.0. The number of rotatable bonds is 8. The zero-order chi connectivity index (χ0) is 35.1. The second-order valence-corrected chi connectivity index (χ2v) is 12.3. The first-order valence-electron chi connectivity index (χ1n) is 14.5. The van der Waals surface area contributed by atoms with E-state index >= 15 is 0 Å². The number of benzene rings is 1. The molecule has 17 nitrogen and oxygen atoms in total. The lowest BCUT2D eigenvalue weighted by Crippen LogP contribution is -2.61. The average molecular weight is 751 g/mol. The number of nitrogens with one attached hydrogen (secondary N) is 7. The van der Waals surface area contributed by atoms with Crippen LogP contribution in [0.15, 0.2) is 41.1 Å². The van der Waals surface area contributed by atoms with Crippen LogP contribution in [0.1, 0.15) is 22.5 Å². The molecule has 0 radical (unpaired) electrons. The summed E-state index contributed by atoms with van der Waals surface area (Å²) in [5, 5.41) is 25.9. The molecule has 7 amide bonds. The minimum atomic E-state index is -1.80. The first kappa shape index (κ1) is 35.9. The molecule has 0 saturated carbocycles. The molecule has 2 aromatic heterocycles. The number of hydrogen-bond acceptors (Lipinski definition) is 8. The molecule has 1 fully saturated rings. The quantitative estimate of drug-likeness (QED) is 0.122. The van der Waals surface area contributed by atoms with Gasteiger partial charge < -0.3 is 52.3 Å². The maximum atomic E-state index is 13.5. The third kappa shape index (κ3) is 9.33. The number of aromatic amines is 1. The molecule has 0 aliphatic carbocycles. The number of aromatic nitrogens is 2. The third-order valence-electron chi connectivity index (χ3n) is 7.34. The van der Waals surface area contributed by atoms with Gasteiger partial charge in [0.15, 0.2) is 0 Å². The number of nitrogens with two attached hydrogens (primary N) is 1. The highest BCUT2D eigenvalue weighted by Crippen LogP contribution is 2.24. The topological polar surface area (TPSA) is 259 Å². The lowest BCUT2D eigenvalue weighted by atomic mass is 10.0. The van der Waals surface area contributed by atoms with E-state index in [0.29, 0.717) is 10.6 Å². The Labute approximate surface area is 286 Å². The molecule has 1 aromatic carbocycles. The van der Waals surface area contributed by atoms with Gasteiger partial charge >= 0.3 is 0 Å². The smallest absolute Gasteiger partial charge is 0.268 e. The molecule has 3 aromatic rings. The zero-order valence-corrected chi connectivity index (χ0v) is 27.7. The van der Waals surface area contributed by atoms with E-state index in [-0.39, 0.29) is 12.1 Å². The molecule has 48 heavy (non-hydrogen) atoms. The summed E-state index contributed by atoms with van der Waals surface area (Å²) >= 11 is 9.33. The predicted molar refractivity (Wildman–Crippen MR) is 174 cm³/mol. The summed E-state index contributed by atoms with van der Waals surface area (Å²) in [4.78, 5) is 92.8. The number of hydrogen-bond donors (Lipinski definition) is 9. The van der Waals surface area contributed by atoms with Crippen LogP contribution in [0, 0.1) is 0 Å². The van der Waals surface area contributed by atoms with Crippen LogP contribution < -0.4 is 37.6 Å². The van der Waals surface area contributed by atoms with Gasteiger partial charge in [-0.15, -0.1) is 0 Å². The van der Waals surface area contributed by atoms with Crippen LogP contribution in [0.4, 0.5) is 0 Å². The molecule has 0 bridgehead atoms. The van der Waals surface area contributed by atoms with Gasteiger partial charge in [0.2, 0.25) is 29.5 Å². The number of β-amino-alcohol motifs (C(OH)–C–C–N with tert-alkyl or cyclic N) is 1. The molecule has 4 rings (SSSR count). The lowest BCUT2D eigenvalue weighted by molar-refractivity contribution is -0.136. The number of H-pyrrole nitrogens is 1. The second kappa shape index (κ2) is 15.8. The summed E-state index contributed by atoms with van der Waals surface area (Å²) in [5.41, 5.74) is 6.82. The largest absolute Gasteiger partial charge is 0.381 e. The zero-order valence-electron chi connectivity index (χ0n) is 25.4. The number of aliphatic hydroxyl groups excluding tert-OH is 1. The molecule has 0 unspecified atom stereocenters. The molecule has 0 spiro atoms. The van der Waals surface area contributed by atoms with Crippen molar-refractivity contribution in [1.82, 2.24) is 41.5 Å². The van der Waals surface area contributed by atoms with Gasteiger partial charge in [0.05, 0.1) is 24.5 Å². The molecular weight excluding hydrogens is 718 g/mol. The fraction of sp³-hybridized carbons (Fsp3) is 0.345. The molecule has 256 valence electrons. The average Bonchev–Trinajstić information content (AvgIpc) is 3.59. The molecule has 1 aliphatic heterocycles. The monoisotopic (exact) mass is 749 g/mol. The molecule has 19 heteroatoms. The highest BCUT2D eigenvalue weighted by atomic mass is 79.9. The summed E-state index contributed by atoms with van der Waals surface area (Å²) in [6.07, 6.45) is 0.636. The minimum Gasteiger partial charge on any atom is -0.381 e. The van der Waals surface area contributed by atoms with Gasteiger partial charge in [0.25, 0.3) is 11.8 Å². The highest BCUT2D eigenvalue weighted by molar-refractivity contribution is 9.10. The van der Waals surface area contributed by atoms with Crippen LogP contribution in [-0.4, -0.2) is 99.9 Å². The molecule has 1 aliphatic rings. The predicted octanol–water partition coefficient (Wildman–Crippen LogP) is -2.17. The van der Waals surface area contributed by atoms with E-state index in [4.69, 9.17) is 17.3 Å². The summed E-state index contributed by atoms with van der Waals surface area (Å²) in [6.45, 7) is -1.76. The van der Waals surface area contributed by atoms with Gasteiger partial charge in [-0.1, -0.05) is 27.5 Å². The van der Waals surface area contributed by atoms with Crippen molar-refractivity contribution < 1.29 is 38.7 Å². The maximum absolute atomic E-state index is 13.5. The highest BCUT2D eigenvalue weighted by Gasteiger charge is 2.32. The van der Waals surface area contributed by atoms with E-state index in [1.54, 1.807) is 13.2 Å². The lowest BCUT2D eigenvalue weighted by Gasteiger charge is -2.26. The number of primary amides is 1. The van der Waals surface area contributed by atoms with Crippen LogP contribution in [0.5, 0.6) is 0 Å². The van der Waals surface area contributed by atoms with E-state index < -0.39 is 91.6 Å². The van der Waals surface area contributed by atoms with Gasteiger partial charge in [-0.25, -0.2) is 0 Å². The number of carbonyl (C=O) groups excluding carboxylic acids is 7. The van der Waals surface area contributed by atoms with E-state index in [9.17, 15) is 38.7 Å². The van der Waals surface area contributed by atoms with Crippen molar-refractivity contribution in [3.8, 4) is 0 Å². The van der Waals surface area contributed by atoms with Crippen LogP contribution in [0.2, 0.25) is 5.02 Å². The first-order chi connectivity index (χ1) is 22.7. The van der Waals surface area contributed by atoms with Crippen molar-refractivity contribution in [3.63, 3.8) is 0 Å². The molecule has 10 N–H and O–H groups in total. The Bertz CT molecular complexity index is 1760. The Balaban J connectivity index is 1.56. The molecule has 4 atom stereocenters. The Morgan fingerprint density at radius 3 is 2.40 bits per heavy atom. The van der Waals surface area contributed by atoms with Gasteiger partial charge in [-0.05, 0) is 29.8 Å². The standard InChI is InChI=1S/C29H33BrClN9O8/c1-40-12-15(31)6-21(40)28(47)36-11-24(43)37-20-9-34-25(44)18(4-13-8-33-17-3-2-14(30)5-16(13)17)39-29(48)22(41)10-35-26(45)19(7-23(32)42)38-27(20)46/h2-3,5-6,8,12,18-20,22,33,41H,4,7,9-11H2,1H3,(H2,32,42)(H,34,44)(H,35,45)(H,36,47)(H,37,43)(H,38,46)(H,39,48)/t18-,19+,20-,22+/m1/s1. The van der Waals surface area contributed by atoms with Crippen LogP contribution in [-0.2, 0) is 42.2 Å². The fourth-order valence-electron chi connectivity index (χ4n) is 4.89. The third-order valence-corrected chi connectivity index (χ3v) is 8.04. The van der Waals surface area contributed by atoms with Crippen molar-refractivity contribution in [1.29, 1.82) is 0 Å². The fourth-order valence-corrected chi connectivity index (χ4v) is 5.50. The van der Waals surface area contributed by atoms with Gasteiger partial charge in [-0.2, -0.15) is 0 Å². The van der Waals surface area contributed by atoms with E-state index in [2.05, 4.69) is 52.8 Å². The van der Waals surface area contributed by atoms with E-state index in [1.807, 2.05) is 18.2 Å². The number of amides is 7.